The van der Waals surface area contributed by atoms with Crippen molar-refractivity contribution in [1.82, 2.24) is 4.57 Å². The summed E-state index contributed by atoms with van der Waals surface area (Å²) in [4.78, 5) is 0. The molecule has 0 amide bonds. The third-order valence-corrected chi connectivity index (χ3v) is 4.80. The summed E-state index contributed by atoms with van der Waals surface area (Å²) in [7, 11) is 1.65. The summed E-state index contributed by atoms with van der Waals surface area (Å²) >= 11 is 0. The maximum atomic E-state index is 9.76. The van der Waals surface area contributed by atoms with Crippen LogP contribution in [0.5, 0.6) is 5.75 Å². The van der Waals surface area contributed by atoms with Crippen LogP contribution in [0.4, 0.5) is 0 Å². The van der Waals surface area contributed by atoms with Gasteiger partial charge >= 0.3 is 0 Å². The van der Waals surface area contributed by atoms with Crippen LogP contribution in [0.2, 0.25) is 0 Å². The molecule has 27 heavy (non-hydrogen) atoms. The number of benzene rings is 3. The molecule has 0 atom stereocenters. The molecule has 0 saturated heterocycles. The molecule has 0 aliphatic heterocycles. The third-order valence-electron chi connectivity index (χ3n) is 4.80. The molecule has 0 bridgehead atoms. The third kappa shape index (κ3) is 2.80. The van der Waals surface area contributed by atoms with E-state index in [1.807, 2.05) is 42.5 Å². The first kappa shape index (κ1) is 16.8. The first-order valence-electron chi connectivity index (χ1n) is 8.87. The van der Waals surface area contributed by atoms with Crippen molar-refractivity contribution in [2.45, 2.75) is 13.5 Å². The molecular weight excluding hydrogens is 332 g/mol. The smallest absolute Gasteiger partial charge is 0.120 e. The first-order valence-corrected chi connectivity index (χ1v) is 8.87. The summed E-state index contributed by atoms with van der Waals surface area (Å²) in [5.74, 6) is 7.33. The maximum absolute atomic E-state index is 9.76. The van der Waals surface area contributed by atoms with Crippen molar-refractivity contribution in [3.8, 4) is 23.7 Å². The van der Waals surface area contributed by atoms with E-state index in [-0.39, 0.29) is 0 Å². The van der Waals surface area contributed by atoms with E-state index in [9.17, 15) is 5.26 Å². The molecule has 0 N–H and O–H groups in total. The van der Waals surface area contributed by atoms with E-state index in [2.05, 4.69) is 47.6 Å². The van der Waals surface area contributed by atoms with Crippen molar-refractivity contribution in [3.05, 3.63) is 77.5 Å². The van der Waals surface area contributed by atoms with Gasteiger partial charge < -0.3 is 9.30 Å². The zero-order valence-corrected chi connectivity index (χ0v) is 15.3. The number of rotatable bonds is 2. The number of aromatic nitrogens is 1. The van der Waals surface area contributed by atoms with E-state index >= 15 is 0 Å². The highest BCUT2D eigenvalue weighted by Gasteiger charge is 2.15. The predicted molar refractivity (Wildman–Crippen MR) is 109 cm³/mol. The summed E-state index contributed by atoms with van der Waals surface area (Å²) in [5.41, 5.74) is 3.29. The first-order chi connectivity index (χ1) is 13.3. The van der Waals surface area contributed by atoms with Crippen LogP contribution in [0.1, 0.15) is 23.7 Å². The molecule has 1 aromatic heterocycles. The second-order valence-electron chi connectivity index (χ2n) is 6.24. The minimum absolute atomic E-state index is 0.613. The topological polar surface area (TPSA) is 38.0 Å². The minimum Gasteiger partial charge on any atom is -0.497 e. The van der Waals surface area contributed by atoms with Gasteiger partial charge in [0.05, 0.1) is 18.2 Å². The van der Waals surface area contributed by atoms with Crippen molar-refractivity contribution in [2.24, 2.45) is 0 Å². The van der Waals surface area contributed by atoms with Gasteiger partial charge in [0.1, 0.15) is 17.5 Å². The summed E-state index contributed by atoms with van der Waals surface area (Å²) < 4.78 is 7.43. The van der Waals surface area contributed by atoms with Crippen LogP contribution in [0.3, 0.4) is 0 Å². The molecule has 0 radical (unpaired) electrons. The van der Waals surface area contributed by atoms with E-state index in [0.717, 1.165) is 45.2 Å². The van der Waals surface area contributed by atoms with E-state index in [1.165, 1.54) is 0 Å². The average Bonchev–Trinajstić information content (AvgIpc) is 3.03. The summed E-state index contributed by atoms with van der Waals surface area (Å²) in [6.07, 6.45) is 0. The van der Waals surface area contributed by atoms with Gasteiger partial charge in [0, 0.05) is 23.6 Å². The number of nitriles is 1. The van der Waals surface area contributed by atoms with E-state index in [1.54, 1.807) is 7.11 Å². The highest BCUT2D eigenvalue weighted by molar-refractivity contribution is 5.91. The van der Waals surface area contributed by atoms with Crippen LogP contribution >= 0.6 is 0 Å². The van der Waals surface area contributed by atoms with Gasteiger partial charge in [0.25, 0.3) is 0 Å². The Morgan fingerprint density at radius 1 is 0.963 bits per heavy atom. The Bertz CT molecular complexity index is 1260. The zero-order chi connectivity index (χ0) is 18.8. The molecule has 3 nitrogen and oxygen atoms in total. The molecule has 0 fully saturated rings. The van der Waals surface area contributed by atoms with Crippen LogP contribution in [-0.2, 0) is 6.54 Å². The largest absolute Gasteiger partial charge is 0.497 e. The van der Waals surface area contributed by atoms with Crippen LogP contribution < -0.4 is 4.74 Å². The molecular formula is C24H18N2O. The highest BCUT2D eigenvalue weighted by atomic mass is 16.5. The Balaban J connectivity index is 1.95. The Hall–Kier alpha value is -3.69. The molecule has 0 spiro atoms. The molecule has 1 heterocycles. The molecule has 3 heteroatoms. The Morgan fingerprint density at radius 3 is 2.56 bits per heavy atom. The van der Waals surface area contributed by atoms with Gasteiger partial charge in [0.15, 0.2) is 0 Å². The molecule has 0 aliphatic carbocycles. The van der Waals surface area contributed by atoms with Crippen molar-refractivity contribution < 1.29 is 4.74 Å². The second kappa shape index (κ2) is 6.90. The molecule has 0 saturated carbocycles. The lowest BCUT2D eigenvalue weighted by atomic mass is 10.0. The van der Waals surface area contributed by atoms with Crippen molar-refractivity contribution >= 4 is 21.7 Å². The minimum atomic E-state index is 0.613. The number of aryl methyl sites for hydroxylation is 1. The van der Waals surface area contributed by atoms with Crippen molar-refractivity contribution in [3.63, 3.8) is 0 Å². The summed E-state index contributed by atoms with van der Waals surface area (Å²) in [6, 6.07) is 22.4. The number of hydrogen-bond acceptors (Lipinski definition) is 2. The molecule has 4 aromatic rings. The maximum Gasteiger partial charge on any atom is 0.120 e. The van der Waals surface area contributed by atoms with Gasteiger partial charge in [-0.05, 0) is 41.8 Å². The van der Waals surface area contributed by atoms with Gasteiger partial charge in [-0.1, -0.05) is 42.3 Å². The highest BCUT2D eigenvalue weighted by Crippen LogP contribution is 2.29. The van der Waals surface area contributed by atoms with Gasteiger partial charge in [0.2, 0.25) is 0 Å². The summed E-state index contributed by atoms with van der Waals surface area (Å²) in [6.45, 7) is 2.79. The number of nitrogens with zero attached hydrogens (tertiary/aromatic N) is 2. The fraction of sp³-hybridized carbons (Fsp3) is 0.125. The van der Waals surface area contributed by atoms with E-state index in [4.69, 9.17) is 4.74 Å². The number of fused-ring (bicyclic) bond motifs is 2. The van der Waals surface area contributed by atoms with Crippen LogP contribution in [0.25, 0.3) is 21.7 Å². The zero-order valence-electron chi connectivity index (χ0n) is 15.3. The standard InChI is InChI=1S/C24H18N2O/c1-3-26-23(22(16-25)21-13-12-19(27-2)15-24(21)26)14-11-18-9-6-8-17-7-4-5-10-20(17)18/h4-10,12-13,15H,3H2,1-2H3. The van der Waals surface area contributed by atoms with Crippen LogP contribution in [0, 0.1) is 23.2 Å². The van der Waals surface area contributed by atoms with Crippen molar-refractivity contribution in [1.29, 1.82) is 5.26 Å². The Kier molecular flexibility index (Phi) is 4.29. The normalized spacial score (nSPS) is 10.4. The van der Waals surface area contributed by atoms with Gasteiger partial charge in [-0.25, -0.2) is 0 Å². The number of methoxy groups -OCH3 is 1. The average molecular weight is 350 g/mol. The molecule has 4 rings (SSSR count). The predicted octanol–water partition coefficient (Wildman–Crippen LogP) is 5.09. The number of ether oxygens (including phenoxy) is 1. The lowest BCUT2D eigenvalue weighted by Crippen LogP contribution is -1.98. The van der Waals surface area contributed by atoms with Gasteiger partial charge in [-0.3, -0.25) is 0 Å². The Labute approximate surface area is 158 Å². The quantitative estimate of drug-likeness (QED) is 0.472. The monoisotopic (exact) mass is 350 g/mol. The lowest BCUT2D eigenvalue weighted by molar-refractivity contribution is 0.415. The molecule has 0 aliphatic rings. The molecule has 130 valence electrons. The second-order valence-corrected chi connectivity index (χ2v) is 6.24. The van der Waals surface area contributed by atoms with Crippen molar-refractivity contribution in [2.75, 3.05) is 7.11 Å². The Morgan fingerprint density at radius 2 is 1.78 bits per heavy atom. The molecule has 0 unspecified atom stereocenters. The van der Waals surface area contributed by atoms with E-state index in [0.29, 0.717) is 5.56 Å². The van der Waals surface area contributed by atoms with Gasteiger partial charge in [-0.2, -0.15) is 5.26 Å². The fourth-order valence-corrected chi connectivity index (χ4v) is 3.49. The number of hydrogen-bond donors (Lipinski definition) is 0. The summed E-state index contributed by atoms with van der Waals surface area (Å²) in [5, 5.41) is 12.9. The van der Waals surface area contributed by atoms with Crippen LogP contribution in [-0.4, -0.2) is 11.7 Å². The molecule has 3 aromatic carbocycles. The van der Waals surface area contributed by atoms with Crippen LogP contribution in [0.15, 0.2) is 60.7 Å². The lowest BCUT2D eigenvalue weighted by Gasteiger charge is -2.05. The fourth-order valence-electron chi connectivity index (χ4n) is 3.49. The SMILES string of the molecule is CCn1c(C#Cc2cccc3ccccc23)c(C#N)c2ccc(OC)cc21. The van der Waals surface area contributed by atoms with Gasteiger partial charge in [-0.15, -0.1) is 0 Å². The van der Waals surface area contributed by atoms with E-state index < -0.39 is 0 Å².